The standard InChI is InChI=1S/C16H26ClNOSi/c1-5-20(6-2,7-3)19-15-9-8-12(4)13-10-18-11-14(17)16(13)15/h10-12,15H,5-9H2,1-4H3. The van der Waals surface area contributed by atoms with Crippen LogP contribution in [0.1, 0.15) is 63.7 Å². The molecule has 2 rings (SSSR count). The molecule has 1 aliphatic rings. The highest BCUT2D eigenvalue weighted by atomic mass is 35.5. The second-order valence-electron chi connectivity index (χ2n) is 5.95. The number of rotatable bonds is 5. The van der Waals surface area contributed by atoms with Gasteiger partial charge in [-0.05, 0) is 42.5 Å². The molecule has 0 radical (unpaired) electrons. The van der Waals surface area contributed by atoms with Gasteiger partial charge in [0, 0.05) is 18.0 Å². The van der Waals surface area contributed by atoms with Crippen LogP contribution >= 0.6 is 11.6 Å². The molecule has 0 N–H and O–H groups in total. The highest BCUT2D eigenvalue weighted by Crippen LogP contribution is 2.44. The summed E-state index contributed by atoms with van der Waals surface area (Å²) < 4.78 is 6.71. The topological polar surface area (TPSA) is 22.1 Å². The molecule has 1 aromatic heterocycles. The van der Waals surface area contributed by atoms with Crippen molar-refractivity contribution in [1.82, 2.24) is 4.98 Å². The Bertz CT molecular complexity index is 454. The molecule has 2 unspecified atom stereocenters. The van der Waals surface area contributed by atoms with Gasteiger partial charge in [-0.15, -0.1) is 0 Å². The summed E-state index contributed by atoms with van der Waals surface area (Å²) in [5.74, 6) is 0.539. The van der Waals surface area contributed by atoms with Gasteiger partial charge in [-0.2, -0.15) is 0 Å². The van der Waals surface area contributed by atoms with Crippen molar-refractivity contribution in [3.8, 4) is 0 Å². The predicted molar refractivity (Wildman–Crippen MR) is 87.9 cm³/mol. The molecule has 0 aromatic carbocycles. The number of nitrogens with zero attached hydrogens (tertiary/aromatic N) is 1. The molecule has 0 fully saturated rings. The lowest BCUT2D eigenvalue weighted by atomic mass is 9.83. The summed E-state index contributed by atoms with van der Waals surface area (Å²) in [7, 11) is -1.60. The van der Waals surface area contributed by atoms with Gasteiger partial charge in [0.2, 0.25) is 0 Å². The summed E-state index contributed by atoms with van der Waals surface area (Å²) >= 11 is 6.43. The first-order valence-corrected chi connectivity index (χ1v) is 10.8. The van der Waals surface area contributed by atoms with Crippen LogP contribution in [0.2, 0.25) is 23.2 Å². The van der Waals surface area contributed by atoms with Crippen LogP contribution in [0.4, 0.5) is 0 Å². The Labute approximate surface area is 129 Å². The summed E-state index contributed by atoms with van der Waals surface area (Å²) in [6.07, 6.45) is 6.19. The van der Waals surface area contributed by atoms with E-state index in [1.165, 1.54) is 35.7 Å². The van der Waals surface area contributed by atoms with Crippen LogP contribution in [-0.2, 0) is 4.43 Å². The van der Waals surface area contributed by atoms with Crippen LogP contribution in [0.25, 0.3) is 0 Å². The molecule has 1 aliphatic carbocycles. The molecular weight excluding hydrogens is 286 g/mol. The van der Waals surface area contributed by atoms with E-state index in [9.17, 15) is 0 Å². The molecule has 0 saturated carbocycles. The van der Waals surface area contributed by atoms with Crippen LogP contribution < -0.4 is 0 Å². The van der Waals surface area contributed by atoms with Gasteiger partial charge in [-0.1, -0.05) is 39.3 Å². The SMILES string of the molecule is CC[Si](CC)(CC)OC1CCC(C)c2cncc(Cl)c21. The van der Waals surface area contributed by atoms with E-state index in [-0.39, 0.29) is 6.10 Å². The quantitative estimate of drug-likeness (QED) is 0.651. The molecule has 1 aromatic rings. The van der Waals surface area contributed by atoms with Crippen molar-refractivity contribution < 1.29 is 4.43 Å². The van der Waals surface area contributed by atoms with Gasteiger partial charge in [-0.25, -0.2) is 0 Å². The molecule has 112 valence electrons. The van der Waals surface area contributed by atoms with Gasteiger partial charge < -0.3 is 4.43 Å². The van der Waals surface area contributed by atoms with E-state index in [1.54, 1.807) is 6.20 Å². The van der Waals surface area contributed by atoms with E-state index in [0.29, 0.717) is 5.92 Å². The number of hydrogen-bond acceptors (Lipinski definition) is 2. The first-order chi connectivity index (χ1) is 9.56. The number of aromatic nitrogens is 1. The predicted octanol–water partition coefficient (Wildman–Crippen LogP) is 5.70. The van der Waals surface area contributed by atoms with Crippen molar-refractivity contribution >= 4 is 19.9 Å². The Kier molecular flexibility index (Phi) is 5.27. The van der Waals surface area contributed by atoms with Crippen molar-refractivity contribution in [2.75, 3.05) is 0 Å². The lowest BCUT2D eigenvalue weighted by Gasteiger charge is -2.38. The van der Waals surface area contributed by atoms with Crippen LogP contribution in [-0.4, -0.2) is 13.3 Å². The second kappa shape index (κ2) is 6.59. The Hall–Kier alpha value is -0.383. The lowest BCUT2D eigenvalue weighted by Crippen LogP contribution is -2.38. The van der Waals surface area contributed by atoms with Crippen molar-refractivity contribution in [3.05, 3.63) is 28.5 Å². The molecule has 1 heterocycles. The summed E-state index contributed by atoms with van der Waals surface area (Å²) in [5.41, 5.74) is 2.51. The van der Waals surface area contributed by atoms with E-state index in [1.807, 2.05) is 6.20 Å². The molecule has 20 heavy (non-hydrogen) atoms. The summed E-state index contributed by atoms with van der Waals surface area (Å²) in [6, 6.07) is 3.55. The molecule has 2 nitrogen and oxygen atoms in total. The van der Waals surface area contributed by atoms with E-state index in [0.717, 1.165) is 11.4 Å². The minimum atomic E-state index is -1.60. The van der Waals surface area contributed by atoms with Gasteiger partial charge in [0.25, 0.3) is 0 Å². The zero-order valence-corrected chi connectivity index (χ0v) is 14.8. The minimum Gasteiger partial charge on any atom is -0.410 e. The third-order valence-electron chi connectivity index (χ3n) is 5.01. The molecule has 0 bridgehead atoms. The average Bonchev–Trinajstić information content (AvgIpc) is 2.48. The maximum atomic E-state index is 6.71. The van der Waals surface area contributed by atoms with Crippen molar-refractivity contribution in [3.63, 3.8) is 0 Å². The van der Waals surface area contributed by atoms with Gasteiger partial charge in [0.1, 0.15) is 0 Å². The molecule has 2 atom stereocenters. The van der Waals surface area contributed by atoms with E-state index in [4.69, 9.17) is 16.0 Å². The zero-order chi connectivity index (χ0) is 14.8. The number of hydrogen-bond donors (Lipinski definition) is 0. The summed E-state index contributed by atoms with van der Waals surface area (Å²) in [4.78, 5) is 4.26. The first kappa shape index (κ1) is 16.0. The van der Waals surface area contributed by atoms with Gasteiger partial charge >= 0.3 is 0 Å². The lowest BCUT2D eigenvalue weighted by molar-refractivity contribution is 0.163. The van der Waals surface area contributed by atoms with E-state index in [2.05, 4.69) is 32.7 Å². The van der Waals surface area contributed by atoms with Crippen molar-refractivity contribution in [2.45, 2.75) is 70.7 Å². The first-order valence-electron chi connectivity index (χ1n) is 7.88. The maximum Gasteiger partial charge on any atom is 0.192 e. The minimum absolute atomic E-state index is 0.184. The van der Waals surface area contributed by atoms with Crippen molar-refractivity contribution in [2.24, 2.45) is 0 Å². The van der Waals surface area contributed by atoms with Gasteiger partial charge in [-0.3, -0.25) is 4.98 Å². The Morgan fingerprint density at radius 3 is 2.45 bits per heavy atom. The Balaban J connectivity index is 2.34. The van der Waals surface area contributed by atoms with Crippen LogP contribution in [0, 0.1) is 0 Å². The fraction of sp³-hybridized carbons (Fsp3) is 0.688. The average molecular weight is 312 g/mol. The Morgan fingerprint density at radius 1 is 1.20 bits per heavy atom. The highest BCUT2D eigenvalue weighted by molar-refractivity contribution is 6.73. The summed E-state index contributed by atoms with van der Waals surface area (Å²) in [6.45, 7) is 9.09. The molecule has 4 heteroatoms. The van der Waals surface area contributed by atoms with E-state index < -0.39 is 8.32 Å². The van der Waals surface area contributed by atoms with Crippen LogP contribution in [0.15, 0.2) is 12.4 Å². The summed E-state index contributed by atoms with van der Waals surface area (Å²) in [5, 5.41) is 0.783. The Morgan fingerprint density at radius 2 is 1.85 bits per heavy atom. The second-order valence-corrected chi connectivity index (χ2v) is 11.1. The maximum absolute atomic E-state index is 6.71. The molecule has 0 spiro atoms. The normalized spacial score (nSPS) is 22.6. The fourth-order valence-electron chi connectivity index (χ4n) is 3.31. The number of pyridine rings is 1. The molecule has 0 amide bonds. The van der Waals surface area contributed by atoms with Gasteiger partial charge in [0.15, 0.2) is 8.32 Å². The monoisotopic (exact) mass is 311 g/mol. The van der Waals surface area contributed by atoms with Crippen LogP contribution in [0.3, 0.4) is 0 Å². The third kappa shape index (κ3) is 2.95. The molecular formula is C16H26ClNOSi. The van der Waals surface area contributed by atoms with E-state index >= 15 is 0 Å². The van der Waals surface area contributed by atoms with Crippen molar-refractivity contribution in [1.29, 1.82) is 0 Å². The largest absolute Gasteiger partial charge is 0.410 e. The third-order valence-corrected chi connectivity index (χ3v) is 9.96. The highest BCUT2D eigenvalue weighted by Gasteiger charge is 2.36. The number of fused-ring (bicyclic) bond motifs is 1. The van der Waals surface area contributed by atoms with Gasteiger partial charge in [0.05, 0.1) is 11.1 Å². The fourth-order valence-corrected chi connectivity index (χ4v) is 6.44. The number of halogens is 1. The smallest absolute Gasteiger partial charge is 0.192 e. The zero-order valence-electron chi connectivity index (χ0n) is 13.1. The van der Waals surface area contributed by atoms with Crippen LogP contribution in [0.5, 0.6) is 0 Å². The molecule has 0 aliphatic heterocycles. The molecule has 0 saturated heterocycles.